The zero-order chi connectivity index (χ0) is 16.7. The van der Waals surface area contributed by atoms with Gasteiger partial charge in [0.1, 0.15) is 5.82 Å². The molecule has 0 bridgehead atoms. The van der Waals surface area contributed by atoms with Crippen molar-refractivity contribution in [2.24, 2.45) is 5.92 Å². The topological polar surface area (TPSA) is 70.6 Å². The summed E-state index contributed by atoms with van der Waals surface area (Å²) in [6.07, 6.45) is 3.67. The van der Waals surface area contributed by atoms with Crippen LogP contribution in [-0.4, -0.2) is 37.4 Å². The largest absolute Gasteiger partial charge is 0.396 e. The third-order valence-corrected chi connectivity index (χ3v) is 4.43. The molecule has 2 amide bonds. The molecule has 23 heavy (non-hydrogen) atoms. The van der Waals surface area contributed by atoms with E-state index in [4.69, 9.17) is 4.74 Å². The normalized spacial score (nSPS) is 22.4. The van der Waals surface area contributed by atoms with E-state index in [2.05, 4.69) is 10.6 Å². The standard InChI is InChI=1S/C17H25FN2O3/c1-23-16(12-6-8-14(18)9-7-12)10-19-17(22)20-15-5-3-2-4-13(15)11-21/h6-9,13,15-16,21H,2-5,10-11H2,1H3,(H2,19,20,22)/t13-,15-,16+/m0/s1. The van der Waals surface area contributed by atoms with Crippen LogP contribution in [0.4, 0.5) is 9.18 Å². The Morgan fingerprint density at radius 1 is 1.35 bits per heavy atom. The Kier molecular flexibility index (Phi) is 6.80. The van der Waals surface area contributed by atoms with E-state index in [0.717, 1.165) is 31.2 Å². The summed E-state index contributed by atoms with van der Waals surface area (Å²) in [7, 11) is 1.55. The molecule has 1 saturated carbocycles. The summed E-state index contributed by atoms with van der Waals surface area (Å²) >= 11 is 0. The molecule has 1 aliphatic carbocycles. The van der Waals surface area contributed by atoms with E-state index in [1.807, 2.05) is 0 Å². The second-order valence-corrected chi connectivity index (χ2v) is 5.96. The van der Waals surface area contributed by atoms with Gasteiger partial charge in [0.15, 0.2) is 0 Å². The fourth-order valence-corrected chi connectivity index (χ4v) is 3.04. The highest BCUT2D eigenvalue weighted by atomic mass is 19.1. The van der Waals surface area contributed by atoms with Gasteiger partial charge >= 0.3 is 6.03 Å². The maximum atomic E-state index is 13.0. The Bertz CT molecular complexity index is 495. The molecule has 1 fully saturated rings. The molecule has 0 aromatic heterocycles. The molecule has 0 aliphatic heterocycles. The van der Waals surface area contributed by atoms with E-state index in [9.17, 15) is 14.3 Å². The predicted molar refractivity (Wildman–Crippen MR) is 85.5 cm³/mol. The van der Waals surface area contributed by atoms with Gasteiger partial charge in [0.2, 0.25) is 0 Å². The lowest BCUT2D eigenvalue weighted by molar-refractivity contribution is 0.103. The van der Waals surface area contributed by atoms with Crippen LogP contribution in [0.15, 0.2) is 24.3 Å². The quantitative estimate of drug-likeness (QED) is 0.752. The Balaban J connectivity index is 1.83. The van der Waals surface area contributed by atoms with Crippen molar-refractivity contribution in [3.8, 4) is 0 Å². The van der Waals surface area contributed by atoms with E-state index < -0.39 is 0 Å². The number of carbonyl (C=O) groups is 1. The Labute approximate surface area is 136 Å². The van der Waals surface area contributed by atoms with E-state index >= 15 is 0 Å². The molecule has 2 rings (SSSR count). The van der Waals surface area contributed by atoms with Gasteiger partial charge in [0.25, 0.3) is 0 Å². The number of aliphatic hydroxyl groups excluding tert-OH is 1. The average molecular weight is 324 g/mol. The first-order chi connectivity index (χ1) is 11.1. The summed E-state index contributed by atoms with van der Waals surface area (Å²) in [6, 6.07) is 5.78. The second kappa shape index (κ2) is 8.84. The Hall–Kier alpha value is -1.66. The number of urea groups is 1. The molecule has 3 N–H and O–H groups in total. The number of benzene rings is 1. The van der Waals surface area contributed by atoms with Crippen LogP contribution in [0.1, 0.15) is 37.4 Å². The average Bonchev–Trinajstić information content (AvgIpc) is 2.57. The first kappa shape index (κ1) is 17.7. The lowest BCUT2D eigenvalue weighted by Gasteiger charge is -2.31. The fraction of sp³-hybridized carbons (Fsp3) is 0.588. The Morgan fingerprint density at radius 2 is 2.04 bits per heavy atom. The summed E-state index contributed by atoms with van der Waals surface area (Å²) in [5.41, 5.74) is 0.806. The number of aliphatic hydroxyl groups is 1. The molecule has 0 unspecified atom stereocenters. The van der Waals surface area contributed by atoms with Gasteiger partial charge in [0, 0.05) is 32.2 Å². The number of amides is 2. The van der Waals surface area contributed by atoms with Crippen molar-refractivity contribution in [3.63, 3.8) is 0 Å². The maximum absolute atomic E-state index is 13.0. The number of ether oxygens (including phenoxy) is 1. The molecule has 128 valence electrons. The van der Waals surface area contributed by atoms with Crippen molar-refractivity contribution in [2.45, 2.75) is 37.8 Å². The molecule has 0 saturated heterocycles. The third kappa shape index (κ3) is 5.18. The summed E-state index contributed by atoms with van der Waals surface area (Å²) in [4.78, 5) is 12.1. The minimum Gasteiger partial charge on any atom is -0.396 e. The molecule has 1 aromatic carbocycles. The molecule has 0 spiro atoms. The fourth-order valence-electron chi connectivity index (χ4n) is 3.04. The van der Waals surface area contributed by atoms with Crippen LogP contribution in [0.3, 0.4) is 0 Å². The van der Waals surface area contributed by atoms with Crippen LogP contribution in [0, 0.1) is 11.7 Å². The molecular weight excluding hydrogens is 299 g/mol. The summed E-state index contributed by atoms with van der Waals surface area (Å²) in [6.45, 7) is 0.395. The lowest BCUT2D eigenvalue weighted by Crippen LogP contribution is -2.48. The van der Waals surface area contributed by atoms with Gasteiger partial charge in [-0.3, -0.25) is 0 Å². The van der Waals surface area contributed by atoms with Crippen LogP contribution in [0.25, 0.3) is 0 Å². The van der Waals surface area contributed by atoms with Crippen LogP contribution < -0.4 is 10.6 Å². The lowest BCUT2D eigenvalue weighted by atomic mass is 9.85. The SMILES string of the molecule is CO[C@H](CNC(=O)N[C@H]1CCCC[C@H]1CO)c1ccc(F)cc1. The highest BCUT2D eigenvalue weighted by molar-refractivity contribution is 5.74. The van der Waals surface area contributed by atoms with Crippen molar-refractivity contribution in [1.82, 2.24) is 10.6 Å². The van der Waals surface area contributed by atoms with Crippen molar-refractivity contribution < 1.29 is 19.0 Å². The van der Waals surface area contributed by atoms with E-state index in [1.54, 1.807) is 19.2 Å². The van der Waals surface area contributed by atoms with Crippen LogP contribution in [0.5, 0.6) is 0 Å². The Morgan fingerprint density at radius 3 is 2.70 bits per heavy atom. The smallest absolute Gasteiger partial charge is 0.315 e. The third-order valence-electron chi connectivity index (χ3n) is 4.43. The number of hydrogen-bond acceptors (Lipinski definition) is 3. The van der Waals surface area contributed by atoms with E-state index in [1.165, 1.54) is 12.1 Å². The predicted octanol–water partition coefficient (Wildman–Crippen LogP) is 2.36. The van der Waals surface area contributed by atoms with Gasteiger partial charge in [-0.2, -0.15) is 0 Å². The van der Waals surface area contributed by atoms with Crippen molar-refractivity contribution in [2.75, 3.05) is 20.3 Å². The monoisotopic (exact) mass is 324 g/mol. The molecule has 1 aliphatic rings. The molecule has 6 heteroatoms. The van der Waals surface area contributed by atoms with E-state index in [-0.39, 0.29) is 36.5 Å². The molecule has 3 atom stereocenters. The van der Waals surface area contributed by atoms with Gasteiger partial charge in [0.05, 0.1) is 6.10 Å². The van der Waals surface area contributed by atoms with E-state index in [0.29, 0.717) is 6.54 Å². The molecule has 0 radical (unpaired) electrons. The first-order valence-corrected chi connectivity index (χ1v) is 8.07. The van der Waals surface area contributed by atoms with Crippen molar-refractivity contribution in [3.05, 3.63) is 35.6 Å². The molecular formula is C17H25FN2O3. The zero-order valence-corrected chi connectivity index (χ0v) is 13.4. The summed E-state index contributed by atoms with van der Waals surface area (Å²) < 4.78 is 18.3. The van der Waals surface area contributed by atoms with Gasteiger partial charge < -0.3 is 20.5 Å². The highest BCUT2D eigenvalue weighted by Gasteiger charge is 2.26. The zero-order valence-electron chi connectivity index (χ0n) is 13.4. The van der Waals surface area contributed by atoms with Crippen LogP contribution in [-0.2, 0) is 4.74 Å². The molecule has 0 heterocycles. The highest BCUT2D eigenvalue weighted by Crippen LogP contribution is 2.24. The number of carbonyl (C=O) groups excluding carboxylic acids is 1. The molecule has 5 nitrogen and oxygen atoms in total. The van der Waals surface area contributed by atoms with Crippen molar-refractivity contribution in [1.29, 1.82) is 0 Å². The minimum absolute atomic E-state index is 0.0144. The maximum Gasteiger partial charge on any atom is 0.315 e. The number of rotatable bonds is 6. The molecule has 1 aromatic rings. The van der Waals surface area contributed by atoms with Crippen molar-refractivity contribution >= 4 is 6.03 Å². The van der Waals surface area contributed by atoms with Gasteiger partial charge in [-0.25, -0.2) is 9.18 Å². The summed E-state index contributed by atoms with van der Waals surface area (Å²) in [5.74, 6) is -0.175. The number of methoxy groups -OCH3 is 1. The number of nitrogens with one attached hydrogen (secondary N) is 2. The van der Waals surface area contributed by atoms with Gasteiger partial charge in [-0.15, -0.1) is 0 Å². The summed E-state index contributed by atoms with van der Waals surface area (Å²) in [5, 5.41) is 15.1. The second-order valence-electron chi connectivity index (χ2n) is 5.96. The van der Waals surface area contributed by atoms with Crippen LogP contribution in [0.2, 0.25) is 0 Å². The van der Waals surface area contributed by atoms with Gasteiger partial charge in [-0.05, 0) is 30.5 Å². The van der Waals surface area contributed by atoms with Gasteiger partial charge in [-0.1, -0.05) is 25.0 Å². The minimum atomic E-state index is -0.332. The number of hydrogen-bond donors (Lipinski definition) is 3. The number of halogens is 1. The van der Waals surface area contributed by atoms with Crippen LogP contribution >= 0.6 is 0 Å². The first-order valence-electron chi connectivity index (χ1n) is 8.07.